The van der Waals surface area contributed by atoms with Crippen LogP contribution in [0.15, 0.2) is 48.5 Å². The molecule has 0 aliphatic carbocycles. The van der Waals surface area contributed by atoms with Crippen LogP contribution >= 0.6 is 11.6 Å². The van der Waals surface area contributed by atoms with Gasteiger partial charge in [0.1, 0.15) is 12.4 Å². The van der Waals surface area contributed by atoms with Gasteiger partial charge >= 0.3 is 6.18 Å². The molecular formula is C15H13ClF3NO. The topological polar surface area (TPSA) is 21.3 Å². The first kappa shape index (κ1) is 15.5. The van der Waals surface area contributed by atoms with Crippen LogP contribution in [0.1, 0.15) is 5.56 Å². The van der Waals surface area contributed by atoms with Crippen molar-refractivity contribution >= 4 is 17.3 Å². The lowest BCUT2D eigenvalue weighted by Crippen LogP contribution is -2.15. The Kier molecular flexibility index (Phi) is 4.96. The Labute approximate surface area is 125 Å². The molecule has 0 fully saturated rings. The van der Waals surface area contributed by atoms with Gasteiger partial charge in [0.05, 0.1) is 5.56 Å². The van der Waals surface area contributed by atoms with E-state index >= 15 is 0 Å². The monoisotopic (exact) mass is 315 g/mol. The van der Waals surface area contributed by atoms with Gasteiger partial charge in [0.2, 0.25) is 0 Å². The quantitative estimate of drug-likeness (QED) is 0.796. The molecule has 2 aromatic rings. The summed E-state index contributed by atoms with van der Waals surface area (Å²) in [6.07, 6.45) is -4.45. The highest BCUT2D eigenvalue weighted by atomic mass is 35.5. The SMILES string of the molecule is FC(F)(F)c1cc(Cl)ccc1NCCOc1ccccc1. The largest absolute Gasteiger partial charge is 0.492 e. The van der Waals surface area contributed by atoms with Gasteiger partial charge < -0.3 is 10.1 Å². The van der Waals surface area contributed by atoms with Crippen LogP contribution in [0.2, 0.25) is 5.02 Å². The Bertz CT molecular complexity index is 587. The van der Waals surface area contributed by atoms with E-state index in [4.69, 9.17) is 16.3 Å². The van der Waals surface area contributed by atoms with E-state index in [1.165, 1.54) is 12.1 Å². The molecule has 0 bridgehead atoms. The molecule has 0 aliphatic heterocycles. The van der Waals surface area contributed by atoms with Gasteiger partial charge in [0.25, 0.3) is 0 Å². The molecule has 112 valence electrons. The molecule has 0 saturated heterocycles. The molecule has 21 heavy (non-hydrogen) atoms. The maximum absolute atomic E-state index is 12.9. The highest BCUT2D eigenvalue weighted by Gasteiger charge is 2.33. The van der Waals surface area contributed by atoms with E-state index in [-0.39, 0.29) is 23.9 Å². The molecular weight excluding hydrogens is 303 g/mol. The summed E-state index contributed by atoms with van der Waals surface area (Å²) < 4.78 is 44.0. The molecule has 0 unspecified atom stereocenters. The van der Waals surface area contributed by atoms with Crippen LogP contribution in [-0.4, -0.2) is 13.2 Å². The number of benzene rings is 2. The predicted molar refractivity (Wildman–Crippen MR) is 76.9 cm³/mol. The molecule has 0 aromatic heterocycles. The second-order valence-corrected chi connectivity index (χ2v) is 4.71. The fraction of sp³-hybridized carbons (Fsp3) is 0.200. The third kappa shape index (κ3) is 4.56. The van der Waals surface area contributed by atoms with Gasteiger partial charge in [-0.2, -0.15) is 13.2 Å². The van der Waals surface area contributed by atoms with E-state index in [1.54, 1.807) is 12.1 Å². The maximum atomic E-state index is 12.9. The number of ether oxygens (including phenoxy) is 1. The standard InChI is InChI=1S/C15H13ClF3NO/c16-11-6-7-14(13(10-11)15(17,18)19)20-8-9-21-12-4-2-1-3-5-12/h1-7,10,20H,8-9H2. The van der Waals surface area contributed by atoms with Gasteiger partial charge in [-0.3, -0.25) is 0 Å². The number of alkyl halides is 3. The van der Waals surface area contributed by atoms with Crippen LogP contribution in [0.25, 0.3) is 0 Å². The second kappa shape index (κ2) is 6.72. The van der Waals surface area contributed by atoms with Gasteiger partial charge in [0.15, 0.2) is 0 Å². The molecule has 2 rings (SSSR count). The molecule has 0 aliphatic rings. The van der Waals surface area contributed by atoms with Crippen LogP contribution < -0.4 is 10.1 Å². The zero-order valence-electron chi connectivity index (χ0n) is 11.0. The van der Waals surface area contributed by atoms with Crippen molar-refractivity contribution < 1.29 is 17.9 Å². The number of para-hydroxylation sites is 1. The summed E-state index contributed by atoms with van der Waals surface area (Å²) in [6.45, 7) is 0.504. The van der Waals surface area contributed by atoms with Crippen LogP contribution in [0.3, 0.4) is 0 Å². The van der Waals surface area contributed by atoms with Gasteiger partial charge in [-0.15, -0.1) is 0 Å². The van der Waals surface area contributed by atoms with Gasteiger partial charge in [-0.1, -0.05) is 29.8 Å². The fourth-order valence-electron chi connectivity index (χ4n) is 1.78. The Morgan fingerprint density at radius 2 is 1.76 bits per heavy atom. The average molecular weight is 316 g/mol. The molecule has 2 aromatic carbocycles. The number of hydrogen-bond acceptors (Lipinski definition) is 2. The minimum Gasteiger partial charge on any atom is -0.492 e. The van der Waals surface area contributed by atoms with Gasteiger partial charge in [0, 0.05) is 17.3 Å². The first-order valence-electron chi connectivity index (χ1n) is 6.25. The Hall–Kier alpha value is -1.88. The van der Waals surface area contributed by atoms with E-state index in [1.807, 2.05) is 18.2 Å². The van der Waals surface area contributed by atoms with Crippen LogP contribution in [0.5, 0.6) is 5.75 Å². The van der Waals surface area contributed by atoms with E-state index < -0.39 is 11.7 Å². The van der Waals surface area contributed by atoms with E-state index in [9.17, 15) is 13.2 Å². The molecule has 0 spiro atoms. The highest BCUT2D eigenvalue weighted by Crippen LogP contribution is 2.36. The first-order chi connectivity index (χ1) is 9.97. The van der Waals surface area contributed by atoms with Crippen molar-refractivity contribution in [2.24, 2.45) is 0 Å². The maximum Gasteiger partial charge on any atom is 0.418 e. The molecule has 0 atom stereocenters. The molecule has 6 heteroatoms. The van der Waals surface area contributed by atoms with Crippen molar-refractivity contribution in [2.45, 2.75) is 6.18 Å². The minimum atomic E-state index is -4.45. The average Bonchev–Trinajstić information content (AvgIpc) is 2.45. The third-order valence-corrected chi connectivity index (χ3v) is 2.95. The number of anilines is 1. The zero-order chi connectivity index (χ0) is 15.3. The Morgan fingerprint density at radius 1 is 1.05 bits per heavy atom. The minimum absolute atomic E-state index is 0.0106. The van der Waals surface area contributed by atoms with Crippen LogP contribution in [-0.2, 0) is 6.18 Å². The van der Waals surface area contributed by atoms with Gasteiger partial charge in [-0.05, 0) is 30.3 Å². The summed E-state index contributed by atoms with van der Waals surface area (Å²) in [7, 11) is 0. The van der Waals surface area contributed by atoms with Crippen LogP contribution in [0.4, 0.5) is 18.9 Å². The van der Waals surface area contributed by atoms with Crippen molar-refractivity contribution in [2.75, 3.05) is 18.5 Å². The summed E-state index contributed by atoms with van der Waals surface area (Å²) in [5, 5.41) is 2.76. The second-order valence-electron chi connectivity index (χ2n) is 4.28. The van der Waals surface area contributed by atoms with E-state index in [0.29, 0.717) is 5.75 Å². The summed E-state index contributed by atoms with van der Waals surface area (Å²) in [6, 6.07) is 12.7. The number of rotatable bonds is 5. The fourth-order valence-corrected chi connectivity index (χ4v) is 1.95. The van der Waals surface area contributed by atoms with Crippen molar-refractivity contribution in [3.8, 4) is 5.75 Å². The van der Waals surface area contributed by atoms with Crippen molar-refractivity contribution in [1.29, 1.82) is 0 Å². The summed E-state index contributed by atoms with van der Waals surface area (Å²) in [5.41, 5.74) is -0.793. The summed E-state index contributed by atoms with van der Waals surface area (Å²) >= 11 is 5.61. The van der Waals surface area contributed by atoms with Crippen molar-refractivity contribution in [3.05, 3.63) is 59.1 Å². The van der Waals surface area contributed by atoms with Crippen molar-refractivity contribution in [1.82, 2.24) is 0 Å². The highest BCUT2D eigenvalue weighted by molar-refractivity contribution is 6.30. The number of halogens is 4. The summed E-state index contributed by atoms with van der Waals surface area (Å²) in [5.74, 6) is 0.673. The lowest BCUT2D eigenvalue weighted by Gasteiger charge is -2.15. The lowest BCUT2D eigenvalue weighted by atomic mass is 10.1. The normalized spacial score (nSPS) is 11.2. The first-order valence-corrected chi connectivity index (χ1v) is 6.63. The van der Waals surface area contributed by atoms with Crippen molar-refractivity contribution in [3.63, 3.8) is 0 Å². The molecule has 0 radical (unpaired) electrons. The number of hydrogen-bond donors (Lipinski definition) is 1. The molecule has 0 amide bonds. The molecule has 2 nitrogen and oxygen atoms in total. The third-order valence-electron chi connectivity index (χ3n) is 2.72. The lowest BCUT2D eigenvalue weighted by molar-refractivity contribution is -0.136. The van der Waals surface area contributed by atoms with E-state index in [2.05, 4.69) is 5.32 Å². The Balaban J connectivity index is 1.94. The van der Waals surface area contributed by atoms with Gasteiger partial charge in [-0.25, -0.2) is 0 Å². The number of nitrogens with one attached hydrogen (secondary N) is 1. The van der Waals surface area contributed by atoms with Crippen LogP contribution in [0, 0.1) is 0 Å². The molecule has 0 heterocycles. The summed E-state index contributed by atoms with van der Waals surface area (Å²) in [4.78, 5) is 0. The smallest absolute Gasteiger partial charge is 0.418 e. The Morgan fingerprint density at radius 3 is 2.43 bits per heavy atom. The molecule has 1 N–H and O–H groups in total. The van der Waals surface area contributed by atoms with E-state index in [0.717, 1.165) is 6.07 Å². The predicted octanol–water partition coefficient (Wildman–Crippen LogP) is 4.85. The molecule has 0 saturated carbocycles. The zero-order valence-corrected chi connectivity index (χ0v) is 11.7.